The first-order valence-electron chi connectivity index (χ1n) is 6.13. The van der Waals surface area contributed by atoms with Gasteiger partial charge in [0.25, 0.3) is 5.91 Å². The summed E-state index contributed by atoms with van der Waals surface area (Å²) in [5, 5.41) is 13.2. The highest BCUT2D eigenvalue weighted by Gasteiger charge is 2.24. The van der Waals surface area contributed by atoms with Gasteiger partial charge in [0.15, 0.2) is 5.76 Å². The number of rotatable bonds is 4. The zero-order valence-electron chi connectivity index (χ0n) is 11.4. The fraction of sp³-hybridized carbons (Fsp3) is 0.500. The number of aromatic amines is 1. The van der Waals surface area contributed by atoms with Gasteiger partial charge in [0, 0.05) is 5.92 Å². The molecule has 0 aliphatic heterocycles. The predicted octanol–water partition coefficient (Wildman–Crippen LogP) is 1.72. The quantitative estimate of drug-likeness (QED) is 0.875. The molecule has 1 amide bonds. The van der Waals surface area contributed by atoms with Gasteiger partial charge < -0.3 is 9.84 Å². The lowest BCUT2D eigenvalue weighted by Gasteiger charge is -2.11. The molecule has 2 N–H and O–H groups in total. The van der Waals surface area contributed by atoms with E-state index in [4.69, 9.17) is 4.52 Å². The summed E-state index contributed by atoms with van der Waals surface area (Å²) in [6.07, 6.45) is 1.40. The lowest BCUT2D eigenvalue weighted by molar-refractivity contribution is 0.0935. The summed E-state index contributed by atoms with van der Waals surface area (Å²) in [7, 11) is 0. The SMILES string of the molecule is Cc1noc(C(C)C)c1C(=O)NC(C)c1ncn[nH]1. The molecule has 0 aliphatic rings. The van der Waals surface area contributed by atoms with Crippen LogP contribution in [-0.2, 0) is 0 Å². The third-order valence-electron chi connectivity index (χ3n) is 2.83. The van der Waals surface area contributed by atoms with E-state index in [1.807, 2.05) is 20.8 Å². The number of aryl methyl sites for hydroxylation is 1. The van der Waals surface area contributed by atoms with E-state index in [1.54, 1.807) is 6.92 Å². The van der Waals surface area contributed by atoms with E-state index >= 15 is 0 Å². The summed E-state index contributed by atoms with van der Waals surface area (Å²) in [6.45, 7) is 7.49. The molecule has 102 valence electrons. The first-order chi connectivity index (χ1) is 9.00. The highest BCUT2D eigenvalue weighted by atomic mass is 16.5. The van der Waals surface area contributed by atoms with E-state index in [1.165, 1.54) is 6.33 Å². The minimum absolute atomic E-state index is 0.0996. The van der Waals surface area contributed by atoms with Gasteiger partial charge in [0.1, 0.15) is 17.7 Å². The molecule has 7 nitrogen and oxygen atoms in total. The van der Waals surface area contributed by atoms with Crippen molar-refractivity contribution >= 4 is 5.91 Å². The van der Waals surface area contributed by atoms with Crippen LogP contribution in [0.4, 0.5) is 0 Å². The molecule has 2 aromatic rings. The molecular weight excluding hydrogens is 246 g/mol. The van der Waals surface area contributed by atoms with Crippen LogP contribution in [0.15, 0.2) is 10.9 Å². The van der Waals surface area contributed by atoms with Crippen molar-refractivity contribution in [2.45, 2.75) is 39.7 Å². The fourth-order valence-corrected chi connectivity index (χ4v) is 1.82. The van der Waals surface area contributed by atoms with E-state index in [0.29, 0.717) is 22.8 Å². The maximum Gasteiger partial charge on any atom is 0.257 e. The predicted molar refractivity (Wildman–Crippen MR) is 67.6 cm³/mol. The van der Waals surface area contributed by atoms with Crippen LogP contribution in [0.3, 0.4) is 0 Å². The van der Waals surface area contributed by atoms with Gasteiger partial charge in [0.2, 0.25) is 0 Å². The fourth-order valence-electron chi connectivity index (χ4n) is 1.82. The number of nitrogens with zero attached hydrogens (tertiary/aromatic N) is 3. The first-order valence-corrected chi connectivity index (χ1v) is 6.13. The summed E-state index contributed by atoms with van der Waals surface area (Å²) in [5.41, 5.74) is 1.09. The van der Waals surface area contributed by atoms with Gasteiger partial charge in [-0.15, -0.1) is 0 Å². The van der Waals surface area contributed by atoms with Crippen LogP contribution in [0.5, 0.6) is 0 Å². The molecule has 0 aliphatic carbocycles. The second-order valence-electron chi connectivity index (χ2n) is 4.73. The number of H-pyrrole nitrogens is 1. The van der Waals surface area contributed by atoms with Crippen LogP contribution >= 0.6 is 0 Å². The van der Waals surface area contributed by atoms with Crippen molar-refractivity contribution in [1.82, 2.24) is 25.7 Å². The highest BCUT2D eigenvalue weighted by molar-refractivity contribution is 5.96. The molecule has 0 fully saturated rings. The van der Waals surface area contributed by atoms with E-state index < -0.39 is 0 Å². The Labute approximate surface area is 110 Å². The first kappa shape index (κ1) is 13.3. The zero-order chi connectivity index (χ0) is 14.0. The van der Waals surface area contributed by atoms with Crippen molar-refractivity contribution < 1.29 is 9.32 Å². The van der Waals surface area contributed by atoms with E-state index in [9.17, 15) is 4.79 Å². The minimum Gasteiger partial charge on any atom is -0.360 e. The summed E-state index contributed by atoms with van der Waals surface area (Å²) in [4.78, 5) is 16.3. The number of hydrogen-bond donors (Lipinski definition) is 2. The molecule has 2 heterocycles. The van der Waals surface area contributed by atoms with Crippen LogP contribution in [0.1, 0.15) is 60.4 Å². The van der Waals surface area contributed by atoms with Gasteiger partial charge in [-0.3, -0.25) is 9.89 Å². The van der Waals surface area contributed by atoms with E-state index in [0.717, 1.165) is 0 Å². The number of hydrogen-bond acceptors (Lipinski definition) is 5. The van der Waals surface area contributed by atoms with Gasteiger partial charge in [-0.25, -0.2) is 4.98 Å². The Morgan fingerprint density at radius 2 is 2.16 bits per heavy atom. The lowest BCUT2D eigenvalue weighted by atomic mass is 10.0. The van der Waals surface area contributed by atoms with Crippen LogP contribution < -0.4 is 5.32 Å². The average Bonchev–Trinajstić information content (AvgIpc) is 2.96. The third kappa shape index (κ3) is 2.64. The Morgan fingerprint density at radius 3 is 2.74 bits per heavy atom. The maximum atomic E-state index is 12.3. The van der Waals surface area contributed by atoms with Gasteiger partial charge in [-0.1, -0.05) is 19.0 Å². The molecule has 0 saturated carbocycles. The average molecular weight is 263 g/mol. The number of carbonyl (C=O) groups is 1. The van der Waals surface area contributed by atoms with E-state index in [-0.39, 0.29) is 17.9 Å². The highest BCUT2D eigenvalue weighted by Crippen LogP contribution is 2.22. The van der Waals surface area contributed by atoms with Crippen molar-refractivity contribution in [3.63, 3.8) is 0 Å². The molecule has 2 aromatic heterocycles. The number of carbonyl (C=O) groups excluding carboxylic acids is 1. The molecular formula is C12H17N5O2. The van der Waals surface area contributed by atoms with Gasteiger partial charge in [0.05, 0.1) is 11.7 Å². The van der Waals surface area contributed by atoms with Crippen LogP contribution in [-0.4, -0.2) is 26.2 Å². The third-order valence-corrected chi connectivity index (χ3v) is 2.83. The summed E-state index contributed by atoms with van der Waals surface area (Å²) in [5.74, 6) is 1.09. The van der Waals surface area contributed by atoms with Crippen molar-refractivity contribution in [1.29, 1.82) is 0 Å². The summed E-state index contributed by atoms with van der Waals surface area (Å²) in [6, 6.07) is -0.260. The Balaban J connectivity index is 2.18. The largest absolute Gasteiger partial charge is 0.360 e. The second-order valence-corrected chi connectivity index (χ2v) is 4.73. The summed E-state index contributed by atoms with van der Waals surface area (Å²) < 4.78 is 5.20. The summed E-state index contributed by atoms with van der Waals surface area (Å²) >= 11 is 0. The molecule has 0 spiro atoms. The zero-order valence-corrected chi connectivity index (χ0v) is 11.4. The molecule has 1 unspecified atom stereocenters. The van der Waals surface area contributed by atoms with Gasteiger partial charge in [-0.05, 0) is 13.8 Å². The Kier molecular flexibility index (Phi) is 3.64. The molecule has 0 aromatic carbocycles. The van der Waals surface area contributed by atoms with Crippen molar-refractivity contribution in [3.8, 4) is 0 Å². The maximum absolute atomic E-state index is 12.3. The Morgan fingerprint density at radius 1 is 1.42 bits per heavy atom. The van der Waals surface area contributed by atoms with Crippen LogP contribution in [0.2, 0.25) is 0 Å². The van der Waals surface area contributed by atoms with Crippen molar-refractivity contribution in [2.24, 2.45) is 0 Å². The number of nitrogens with one attached hydrogen (secondary N) is 2. The molecule has 7 heteroatoms. The standard InChI is InChI=1S/C12H17N5O2/c1-6(2)10-9(7(3)17-19-10)12(18)15-8(4)11-13-5-14-16-11/h5-6,8H,1-4H3,(H,15,18)(H,13,14,16). The monoisotopic (exact) mass is 263 g/mol. The minimum atomic E-state index is -0.260. The molecule has 0 radical (unpaired) electrons. The van der Waals surface area contributed by atoms with E-state index in [2.05, 4.69) is 25.7 Å². The lowest BCUT2D eigenvalue weighted by Crippen LogP contribution is -2.28. The van der Waals surface area contributed by atoms with Gasteiger partial charge >= 0.3 is 0 Å². The molecule has 0 saturated heterocycles. The number of aromatic nitrogens is 4. The smallest absolute Gasteiger partial charge is 0.257 e. The Bertz CT molecular complexity index is 559. The normalized spacial score (nSPS) is 12.7. The molecule has 0 bridgehead atoms. The van der Waals surface area contributed by atoms with Crippen molar-refractivity contribution in [3.05, 3.63) is 29.2 Å². The molecule has 19 heavy (non-hydrogen) atoms. The molecule has 1 atom stereocenters. The number of amides is 1. The molecule has 2 rings (SSSR count). The van der Waals surface area contributed by atoms with Crippen LogP contribution in [0, 0.1) is 6.92 Å². The van der Waals surface area contributed by atoms with Gasteiger partial charge in [-0.2, -0.15) is 5.10 Å². The van der Waals surface area contributed by atoms with Crippen LogP contribution in [0.25, 0.3) is 0 Å². The van der Waals surface area contributed by atoms with Crippen molar-refractivity contribution in [2.75, 3.05) is 0 Å². The topological polar surface area (TPSA) is 96.7 Å². The Hall–Kier alpha value is -2.18. The second kappa shape index (κ2) is 5.21.